The van der Waals surface area contributed by atoms with Crippen LogP contribution in [0.25, 0.3) is 0 Å². The zero-order valence-electron chi connectivity index (χ0n) is 11.8. The molecule has 1 aromatic carbocycles. The third-order valence-electron chi connectivity index (χ3n) is 3.54. The molecule has 1 aromatic rings. The predicted octanol–water partition coefficient (Wildman–Crippen LogP) is 1.79. The number of alkyl halides is 3. The highest BCUT2D eigenvalue weighted by molar-refractivity contribution is 5.35. The van der Waals surface area contributed by atoms with E-state index in [0.29, 0.717) is 18.5 Å². The highest BCUT2D eigenvalue weighted by Crippen LogP contribution is 2.35. The molecule has 7 heteroatoms. The summed E-state index contributed by atoms with van der Waals surface area (Å²) >= 11 is 0. The SMILES string of the molecule is CC1NNCC1CNCCOc1ccccc1C(F)(F)F. The van der Waals surface area contributed by atoms with Gasteiger partial charge in [0.25, 0.3) is 0 Å². The summed E-state index contributed by atoms with van der Waals surface area (Å²) in [7, 11) is 0. The summed E-state index contributed by atoms with van der Waals surface area (Å²) in [4.78, 5) is 0. The molecule has 0 radical (unpaired) electrons. The van der Waals surface area contributed by atoms with E-state index in [9.17, 15) is 13.2 Å². The molecule has 0 bridgehead atoms. The molecule has 3 N–H and O–H groups in total. The lowest BCUT2D eigenvalue weighted by atomic mass is 10.0. The second kappa shape index (κ2) is 7.11. The van der Waals surface area contributed by atoms with E-state index in [1.807, 2.05) is 0 Å². The van der Waals surface area contributed by atoms with Gasteiger partial charge in [-0.15, -0.1) is 0 Å². The molecule has 1 aliphatic heterocycles. The molecule has 2 rings (SSSR count). The Kier molecular flexibility index (Phi) is 5.44. The van der Waals surface area contributed by atoms with Gasteiger partial charge in [-0.2, -0.15) is 13.2 Å². The van der Waals surface area contributed by atoms with Gasteiger partial charge < -0.3 is 10.1 Å². The number of ether oxygens (including phenoxy) is 1. The third kappa shape index (κ3) is 4.59. The molecule has 0 amide bonds. The molecule has 1 saturated heterocycles. The van der Waals surface area contributed by atoms with Crippen molar-refractivity contribution in [2.24, 2.45) is 5.92 Å². The monoisotopic (exact) mass is 303 g/mol. The average molecular weight is 303 g/mol. The Labute approximate surface area is 122 Å². The molecule has 0 aliphatic carbocycles. The van der Waals surface area contributed by atoms with Crippen molar-refractivity contribution in [3.05, 3.63) is 29.8 Å². The first-order valence-electron chi connectivity index (χ1n) is 6.96. The van der Waals surface area contributed by atoms with Gasteiger partial charge in [0, 0.05) is 31.6 Å². The van der Waals surface area contributed by atoms with Gasteiger partial charge in [-0.1, -0.05) is 12.1 Å². The van der Waals surface area contributed by atoms with Crippen LogP contribution in [0.5, 0.6) is 5.75 Å². The van der Waals surface area contributed by atoms with Crippen molar-refractivity contribution in [2.75, 3.05) is 26.2 Å². The molecule has 2 atom stereocenters. The number of rotatable bonds is 6. The number of halogens is 3. The van der Waals surface area contributed by atoms with Crippen LogP contribution in [0.15, 0.2) is 24.3 Å². The van der Waals surface area contributed by atoms with E-state index < -0.39 is 11.7 Å². The lowest BCUT2D eigenvalue weighted by Crippen LogP contribution is -2.34. The van der Waals surface area contributed by atoms with Gasteiger partial charge in [0.1, 0.15) is 12.4 Å². The van der Waals surface area contributed by atoms with Gasteiger partial charge in [-0.3, -0.25) is 10.9 Å². The second-order valence-corrected chi connectivity index (χ2v) is 5.12. The van der Waals surface area contributed by atoms with Crippen molar-refractivity contribution in [3.63, 3.8) is 0 Å². The van der Waals surface area contributed by atoms with Gasteiger partial charge >= 0.3 is 6.18 Å². The number of hydrogen-bond acceptors (Lipinski definition) is 4. The van der Waals surface area contributed by atoms with E-state index in [-0.39, 0.29) is 12.4 Å². The minimum Gasteiger partial charge on any atom is -0.492 e. The number of para-hydroxylation sites is 1. The molecule has 1 fully saturated rings. The number of hydrazine groups is 1. The van der Waals surface area contributed by atoms with E-state index >= 15 is 0 Å². The average Bonchev–Trinajstić information content (AvgIpc) is 2.83. The van der Waals surface area contributed by atoms with Gasteiger partial charge in [-0.25, -0.2) is 0 Å². The lowest BCUT2D eigenvalue weighted by Gasteiger charge is -2.16. The summed E-state index contributed by atoms with van der Waals surface area (Å²) in [6.07, 6.45) is -4.39. The number of hydrogen-bond donors (Lipinski definition) is 3. The zero-order chi connectivity index (χ0) is 15.3. The molecule has 0 spiro atoms. The van der Waals surface area contributed by atoms with Crippen LogP contribution in [0.1, 0.15) is 12.5 Å². The van der Waals surface area contributed by atoms with E-state index in [4.69, 9.17) is 4.74 Å². The van der Waals surface area contributed by atoms with Crippen molar-refractivity contribution >= 4 is 0 Å². The third-order valence-corrected chi connectivity index (χ3v) is 3.54. The molecule has 21 heavy (non-hydrogen) atoms. The number of benzene rings is 1. The molecule has 4 nitrogen and oxygen atoms in total. The Morgan fingerprint density at radius 2 is 2.10 bits per heavy atom. The molecule has 118 valence electrons. The summed E-state index contributed by atoms with van der Waals surface area (Å²) in [5, 5.41) is 3.20. The second-order valence-electron chi connectivity index (χ2n) is 5.12. The van der Waals surface area contributed by atoms with Crippen LogP contribution in [-0.4, -0.2) is 32.3 Å². The first-order chi connectivity index (χ1) is 9.98. The molecular formula is C14H20F3N3O. The Morgan fingerprint density at radius 1 is 1.33 bits per heavy atom. The maximum atomic E-state index is 12.8. The maximum Gasteiger partial charge on any atom is 0.419 e. The van der Waals surface area contributed by atoms with Crippen LogP contribution < -0.4 is 20.9 Å². The summed E-state index contributed by atoms with van der Waals surface area (Å²) in [5.74, 6) is 0.344. The molecule has 2 unspecified atom stereocenters. The van der Waals surface area contributed by atoms with E-state index in [1.165, 1.54) is 18.2 Å². The quantitative estimate of drug-likeness (QED) is 0.701. The van der Waals surface area contributed by atoms with Crippen molar-refractivity contribution in [2.45, 2.75) is 19.1 Å². The first kappa shape index (κ1) is 16.1. The predicted molar refractivity (Wildman–Crippen MR) is 73.9 cm³/mol. The summed E-state index contributed by atoms with van der Waals surface area (Å²) in [6.45, 7) is 4.48. The van der Waals surface area contributed by atoms with E-state index in [0.717, 1.165) is 19.2 Å². The molecule has 0 saturated carbocycles. The Hall–Kier alpha value is -1.31. The first-order valence-corrected chi connectivity index (χ1v) is 6.96. The van der Waals surface area contributed by atoms with Crippen LogP contribution in [0.2, 0.25) is 0 Å². The van der Waals surface area contributed by atoms with Crippen LogP contribution in [0, 0.1) is 5.92 Å². The van der Waals surface area contributed by atoms with E-state index in [1.54, 1.807) is 0 Å². The molecular weight excluding hydrogens is 283 g/mol. The molecule has 1 heterocycles. The summed E-state index contributed by atoms with van der Waals surface area (Å²) in [6, 6.07) is 5.64. The highest BCUT2D eigenvalue weighted by atomic mass is 19.4. The van der Waals surface area contributed by atoms with Gasteiger partial charge in [0.05, 0.1) is 5.56 Å². The van der Waals surface area contributed by atoms with Crippen LogP contribution in [0.4, 0.5) is 13.2 Å². The Balaban J connectivity index is 1.74. The normalized spacial score (nSPS) is 22.5. The summed E-state index contributed by atoms with van der Waals surface area (Å²) in [5.41, 5.74) is 5.45. The van der Waals surface area contributed by atoms with Crippen molar-refractivity contribution in [3.8, 4) is 5.75 Å². The van der Waals surface area contributed by atoms with Crippen molar-refractivity contribution in [1.29, 1.82) is 0 Å². The minimum atomic E-state index is -4.39. The van der Waals surface area contributed by atoms with Gasteiger partial charge in [-0.05, 0) is 19.1 Å². The maximum absolute atomic E-state index is 12.8. The smallest absolute Gasteiger partial charge is 0.419 e. The minimum absolute atomic E-state index is 0.121. The fraction of sp³-hybridized carbons (Fsp3) is 0.571. The molecule has 1 aliphatic rings. The van der Waals surface area contributed by atoms with Crippen LogP contribution >= 0.6 is 0 Å². The van der Waals surface area contributed by atoms with Gasteiger partial charge in [0.2, 0.25) is 0 Å². The number of nitrogens with one attached hydrogen (secondary N) is 3. The largest absolute Gasteiger partial charge is 0.492 e. The molecule has 0 aromatic heterocycles. The van der Waals surface area contributed by atoms with Crippen molar-refractivity contribution < 1.29 is 17.9 Å². The lowest BCUT2D eigenvalue weighted by molar-refractivity contribution is -0.138. The zero-order valence-corrected chi connectivity index (χ0v) is 11.8. The van der Waals surface area contributed by atoms with Crippen molar-refractivity contribution in [1.82, 2.24) is 16.2 Å². The van der Waals surface area contributed by atoms with Crippen LogP contribution in [-0.2, 0) is 6.18 Å². The van der Waals surface area contributed by atoms with E-state index in [2.05, 4.69) is 23.1 Å². The Bertz CT molecular complexity index is 453. The Morgan fingerprint density at radius 3 is 2.76 bits per heavy atom. The van der Waals surface area contributed by atoms with Gasteiger partial charge in [0.15, 0.2) is 0 Å². The standard InChI is InChI=1S/C14H20F3N3O/c1-10-11(9-19-20-10)8-18-6-7-21-13-5-3-2-4-12(13)14(15,16)17/h2-5,10-11,18-20H,6-9H2,1H3. The highest BCUT2D eigenvalue weighted by Gasteiger charge is 2.33. The fourth-order valence-corrected chi connectivity index (χ4v) is 2.24. The fourth-order valence-electron chi connectivity index (χ4n) is 2.24. The topological polar surface area (TPSA) is 45.3 Å². The van der Waals surface area contributed by atoms with Crippen LogP contribution in [0.3, 0.4) is 0 Å². The summed E-state index contributed by atoms with van der Waals surface area (Å²) < 4.78 is 43.5.